The molecule has 2 rings (SSSR count). The third-order valence-electron chi connectivity index (χ3n) is 2.26. The van der Waals surface area contributed by atoms with Gasteiger partial charge in [0.15, 0.2) is 11.5 Å². The summed E-state index contributed by atoms with van der Waals surface area (Å²) in [6.07, 6.45) is 1.96. The van der Waals surface area contributed by atoms with E-state index in [-0.39, 0.29) is 0 Å². The summed E-state index contributed by atoms with van der Waals surface area (Å²) in [4.78, 5) is 4.36. The van der Waals surface area contributed by atoms with Crippen LogP contribution in [0.3, 0.4) is 0 Å². The van der Waals surface area contributed by atoms with Crippen LogP contribution in [0.2, 0.25) is 0 Å². The number of rotatable bonds is 3. The molecule has 0 saturated heterocycles. The number of hydrogen-bond donors (Lipinski definition) is 1. The normalized spacial score (nSPS) is 11.0. The first-order valence-corrected chi connectivity index (χ1v) is 4.86. The van der Waals surface area contributed by atoms with E-state index in [0.717, 1.165) is 29.8 Å². The zero-order chi connectivity index (χ0) is 9.97. The third kappa shape index (κ3) is 1.63. The fourth-order valence-corrected chi connectivity index (χ4v) is 1.61. The van der Waals surface area contributed by atoms with Crippen molar-refractivity contribution in [2.24, 2.45) is 5.73 Å². The lowest BCUT2D eigenvalue weighted by molar-refractivity contribution is 0.561. The second-order valence-corrected chi connectivity index (χ2v) is 3.39. The summed E-state index contributed by atoms with van der Waals surface area (Å²) in [5.74, 6) is 0.722. The minimum absolute atomic E-state index is 0.715. The quantitative estimate of drug-likeness (QED) is 0.805. The number of nitrogens with two attached hydrogens (primary N) is 1. The van der Waals surface area contributed by atoms with Crippen molar-refractivity contribution >= 4 is 11.1 Å². The highest BCUT2D eigenvalue weighted by Crippen LogP contribution is 2.20. The van der Waals surface area contributed by atoms with E-state index in [0.29, 0.717) is 6.54 Å². The number of fused-ring (bicyclic) bond motifs is 1. The molecule has 0 radical (unpaired) electrons. The molecule has 3 nitrogen and oxygen atoms in total. The minimum Gasteiger partial charge on any atom is -0.441 e. The molecule has 1 aromatic heterocycles. The highest BCUT2D eigenvalue weighted by Gasteiger charge is 2.06. The maximum atomic E-state index is 5.48. The molecule has 0 aliphatic rings. The summed E-state index contributed by atoms with van der Waals surface area (Å²) in [7, 11) is 0. The number of oxazole rings is 1. The molecule has 1 heterocycles. The molecule has 0 amide bonds. The van der Waals surface area contributed by atoms with Gasteiger partial charge in [-0.1, -0.05) is 12.1 Å². The van der Waals surface area contributed by atoms with Crippen LogP contribution in [0.1, 0.15) is 17.9 Å². The topological polar surface area (TPSA) is 52.0 Å². The van der Waals surface area contributed by atoms with Crippen LogP contribution >= 0.6 is 0 Å². The van der Waals surface area contributed by atoms with Crippen LogP contribution in [0.5, 0.6) is 0 Å². The van der Waals surface area contributed by atoms with Gasteiger partial charge in [-0.05, 0) is 31.0 Å². The summed E-state index contributed by atoms with van der Waals surface area (Å²) in [5, 5.41) is 0. The standard InChI is InChI=1S/C11H14N2O/c1-8-13-11-9(5-3-7-12)4-2-6-10(11)14-8/h2,4,6H,3,5,7,12H2,1H3. The summed E-state index contributed by atoms with van der Waals surface area (Å²) in [6, 6.07) is 6.03. The number of aromatic nitrogens is 1. The molecule has 2 aromatic rings. The molecule has 0 atom stereocenters. The number of hydrogen-bond acceptors (Lipinski definition) is 3. The average Bonchev–Trinajstić information content (AvgIpc) is 2.55. The van der Waals surface area contributed by atoms with Crippen molar-refractivity contribution in [2.45, 2.75) is 19.8 Å². The molecule has 0 bridgehead atoms. The Morgan fingerprint density at radius 2 is 2.29 bits per heavy atom. The van der Waals surface area contributed by atoms with E-state index in [2.05, 4.69) is 11.1 Å². The minimum atomic E-state index is 0.715. The molecule has 1 aromatic carbocycles. The lowest BCUT2D eigenvalue weighted by atomic mass is 10.1. The highest BCUT2D eigenvalue weighted by atomic mass is 16.3. The second-order valence-electron chi connectivity index (χ2n) is 3.39. The molecule has 0 saturated carbocycles. The fourth-order valence-electron chi connectivity index (χ4n) is 1.61. The van der Waals surface area contributed by atoms with Gasteiger partial charge in [0.1, 0.15) is 5.52 Å². The van der Waals surface area contributed by atoms with Crippen molar-refractivity contribution in [3.05, 3.63) is 29.7 Å². The Morgan fingerprint density at radius 1 is 1.43 bits per heavy atom. The molecule has 74 valence electrons. The first kappa shape index (κ1) is 9.21. The van der Waals surface area contributed by atoms with Crippen LogP contribution < -0.4 is 5.73 Å². The largest absolute Gasteiger partial charge is 0.441 e. The monoisotopic (exact) mass is 190 g/mol. The fraction of sp³-hybridized carbons (Fsp3) is 0.364. The predicted octanol–water partition coefficient (Wildman–Crippen LogP) is 2.03. The molecule has 0 fully saturated rings. The van der Waals surface area contributed by atoms with Gasteiger partial charge in [-0.25, -0.2) is 4.98 Å². The van der Waals surface area contributed by atoms with Gasteiger partial charge in [-0.2, -0.15) is 0 Å². The number of aryl methyl sites for hydroxylation is 2. The molecular formula is C11H14N2O. The number of nitrogens with zero attached hydrogens (tertiary/aromatic N) is 1. The first-order valence-electron chi connectivity index (χ1n) is 4.86. The van der Waals surface area contributed by atoms with Gasteiger partial charge in [0.05, 0.1) is 0 Å². The van der Waals surface area contributed by atoms with Gasteiger partial charge in [0, 0.05) is 6.92 Å². The van der Waals surface area contributed by atoms with Crippen molar-refractivity contribution in [2.75, 3.05) is 6.54 Å². The lowest BCUT2D eigenvalue weighted by Gasteiger charge is -1.98. The Bertz CT molecular complexity index is 434. The van der Waals surface area contributed by atoms with E-state index >= 15 is 0 Å². The molecule has 0 aliphatic carbocycles. The van der Waals surface area contributed by atoms with E-state index in [9.17, 15) is 0 Å². The molecular weight excluding hydrogens is 176 g/mol. The zero-order valence-electron chi connectivity index (χ0n) is 8.29. The number of benzene rings is 1. The van der Waals surface area contributed by atoms with E-state index in [4.69, 9.17) is 10.2 Å². The third-order valence-corrected chi connectivity index (χ3v) is 2.26. The Kier molecular flexibility index (Phi) is 2.50. The maximum Gasteiger partial charge on any atom is 0.192 e. The van der Waals surface area contributed by atoms with Crippen molar-refractivity contribution in [3.63, 3.8) is 0 Å². The second kappa shape index (κ2) is 3.80. The van der Waals surface area contributed by atoms with Crippen LogP contribution in [0.25, 0.3) is 11.1 Å². The van der Waals surface area contributed by atoms with E-state index in [1.807, 2.05) is 19.1 Å². The Hall–Kier alpha value is -1.35. The summed E-state index contributed by atoms with van der Waals surface area (Å²) < 4.78 is 5.45. The van der Waals surface area contributed by atoms with Crippen molar-refractivity contribution < 1.29 is 4.42 Å². The van der Waals surface area contributed by atoms with Gasteiger partial charge in [-0.15, -0.1) is 0 Å². The van der Waals surface area contributed by atoms with Crippen molar-refractivity contribution in [3.8, 4) is 0 Å². The SMILES string of the molecule is Cc1nc2c(CCCN)cccc2o1. The molecule has 0 unspecified atom stereocenters. The van der Waals surface area contributed by atoms with Crippen molar-refractivity contribution in [1.82, 2.24) is 4.98 Å². The Balaban J connectivity index is 2.42. The average molecular weight is 190 g/mol. The lowest BCUT2D eigenvalue weighted by Crippen LogP contribution is -2.00. The summed E-state index contributed by atoms with van der Waals surface area (Å²) in [5.41, 5.74) is 8.57. The van der Waals surface area contributed by atoms with Gasteiger partial charge < -0.3 is 10.2 Å². The zero-order valence-corrected chi connectivity index (χ0v) is 8.29. The van der Waals surface area contributed by atoms with Crippen molar-refractivity contribution in [1.29, 1.82) is 0 Å². The predicted molar refractivity (Wildman–Crippen MR) is 56.1 cm³/mol. The molecule has 0 aliphatic heterocycles. The first-order chi connectivity index (χ1) is 6.81. The van der Waals surface area contributed by atoms with E-state index < -0.39 is 0 Å². The van der Waals surface area contributed by atoms with Crippen LogP contribution in [-0.2, 0) is 6.42 Å². The van der Waals surface area contributed by atoms with Crippen LogP contribution in [0.4, 0.5) is 0 Å². The molecule has 2 N–H and O–H groups in total. The van der Waals surface area contributed by atoms with E-state index in [1.54, 1.807) is 0 Å². The van der Waals surface area contributed by atoms with Crippen LogP contribution in [0, 0.1) is 6.92 Å². The van der Waals surface area contributed by atoms with Crippen LogP contribution in [0.15, 0.2) is 22.6 Å². The van der Waals surface area contributed by atoms with Gasteiger partial charge in [-0.3, -0.25) is 0 Å². The van der Waals surface area contributed by atoms with Gasteiger partial charge >= 0.3 is 0 Å². The Labute approximate surface area is 82.9 Å². The van der Waals surface area contributed by atoms with Gasteiger partial charge in [0.25, 0.3) is 0 Å². The van der Waals surface area contributed by atoms with Crippen LogP contribution in [-0.4, -0.2) is 11.5 Å². The highest BCUT2D eigenvalue weighted by molar-refractivity contribution is 5.76. The molecule has 3 heteroatoms. The smallest absolute Gasteiger partial charge is 0.192 e. The molecule has 0 spiro atoms. The Morgan fingerprint density at radius 3 is 3.07 bits per heavy atom. The van der Waals surface area contributed by atoms with Gasteiger partial charge in [0.2, 0.25) is 0 Å². The number of para-hydroxylation sites is 1. The summed E-state index contributed by atoms with van der Waals surface area (Å²) in [6.45, 7) is 2.58. The molecule has 14 heavy (non-hydrogen) atoms. The van der Waals surface area contributed by atoms with E-state index in [1.165, 1.54) is 5.56 Å². The maximum absolute atomic E-state index is 5.48. The summed E-state index contributed by atoms with van der Waals surface area (Å²) >= 11 is 0.